The molecule has 6 nitrogen and oxygen atoms in total. The van der Waals surface area contributed by atoms with E-state index >= 15 is 0 Å². The van der Waals surface area contributed by atoms with Crippen LogP contribution in [-0.2, 0) is 11.3 Å². The number of aromatic nitrogens is 2. The zero-order chi connectivity index (χ0) is 17.8. The monoisotopic (exact) mass is 347 g/mol. The number of halogens is 1. The van der Waals surface area contributed by atoms with Gasteiger partial charge in [-0.25, -0.2) is 4.39 Å². The molecule has 25 heavy (non-hydrogen) atoms. The van der Waals surface area contributed by atoms with Crippen molar-refractivity contribution in [1.29, 1.82) is 0 Å². The summed E-state index contributed by atoms with van der Waals surface area (Å²) in [5, 5.41) is 4.02. The molecule has 2 aromatic rings. The van der Waals surface area contributed by atoms with Gasteiger partial charge in [-0.05, 0) is 44.4 Å². The maximum Gasteiger partial charge on any atom is 0.253 e. The molecule has 0 aliphatic carbocycles. The first kappa shape index (κ1) is 17.5. The Hall–Kier alpha value is -2.28. The SMILES string of the molecule is CCOCc1nc(C2CCCN(C(=O)c3ccc(C)c(F)c3)C2)no1. The molecule has 0 spiro atoms. The Morgan fingerprint density at radius 1 is 1.48 bits per heavy atom. The number of ether oxygens (including phenoxy) is 1. The van der Waals surface area contributed by atoms with Gasteiger partial charge in [0.2, 0.25) is 0 Å². The lowest BCUT2D eigenvalue weighted by molar-refractivity contribution is 0.0703. The Kier molecular flexibility index (Phi) is 5.43. The van der Waals surface area contributed by atoms with E-state index in [0.717, 1.165) is 12.8 Å². The van der Waals surface area contributed by atoms with E-state index in [1.165, 1.54) is 6.07 Å². The first-order valence-electron chi connectivity index (χ1n) is 8.54. The topological polar surface area (TPSA) is 68.5 Å². The fourth-order valence-corrected chi connectivity index (χ4v) is 2.96. The molecule has 0 radical (unpaired) electrons. The van der Waals surface area contributed by atoms with Gasteiger partial charge in [0, 0.05) is 31.2 Å². The zero-order valence-corrected chi connectivity index (χ0v) is 14.5. The van der Waals surface area contributed by atoms with Gasteiger partial charge in [0.1, 0.15) is 12.4 Å². The minimum atomic E-state index is -0.363. The second-order valence-electron chi connectivity index (χ2n) is 6.24. The van der Waals surface area contributed by atoms with Gasteiger partial charge in [-0.3, -0.25) is 4.79 Å². The number of benzene rings is 1. The van der Waals surface area contributed by atoms with Crippen LogP contribution >= 0.6 is 0 Å². The average Bonchev–Trinajstić information content (AvgIpc) is 3.11. The van der Waals surface area contributed by atoms with Crippen LogP contribution in [0.2, 0.25) is 0 Å². The molecule has 1 unspecified atom stereocenters. The molecular formula is C18H22FN3O3. The van der Waals surface area contributed by atoms with Crippen molar-refractivity contribution in [3.05, 3.63) is 46.9 Å². The molecule has 7 heteroatoms. The van der Waals surface area contributed by atoms with Crippen molar-refractivity contribution in [2.75, 3.05) is 19.7 Å². The summed E-state index contributed by atoms with van der Waals surface area (Å²) >= 11 is 0. The Balaban J connectivity index is 1.69. The Labute approximate surface area is 146 Å². The molecule has 1 saturated heterocycles. The molecule has 1 aromatic heterocycles. The number of rotatable bonds is 5. The fourth-order valence-electron chi connectivity index (χ4n) is 2.96. The van der Waals surface area contributed by atoms with E-state index in [0.29, 0.717) is 49.1 Å². The van der Waals surface area contributed by atoms with E-state index in [4.69, 9.17) is 9.26 Å². The van der Waals surface area contributed by atoms with Gasteiger partial charge in [-0.15, -0.1) is 0 Å². The van der Waals surface area contributed by atoms with E-state index in [1.807, 2.05) is 6.92 Å². The second-order valence-corrected chi connectivity index (χ2v) is 6.24. The van der Waals surface area contributed by atoms with Gasteiger partial charge >= 0.3 is 0 Å². The van der Waals surface area contributed by atoms with Gasteiger partial charge in [-0.2, -0.15) is 4.98 Å². The number of amides is 1. The molecule has 1 aliphatic rings. The predicted molar refractivity (Wildman–Crippen MR) is 88.6 cm³/mol. The summed E-state index contributed by atoms with van der Waals surface area (Å²) in [5.41, 5.74) is 0.899. The molecule has 0 saturated carbocycles. The predicted octanol–water partition coefficient (Wildman–Crippen LogP) is 3.07. The van der Waals surface area contributed by atoms with E-state index in [9.17, 15) is 9.18 Å². The molecule has 1 amide bonds. The highest BCUT2D eigenvalue weighted by Gasteiger charge is 2.28. The highest BCUT2D eigenvalue weighted by molar-refractivity contribution is 5.94. The highest BCUT2D eigenvalue weighted by Crippen LogP contribution is 2.26. The number of hydrogen-bond donors (Lipinski definition) is 0. The van der Waals surface area contributed by atoms with Crippen LogP contribution in [0.25, 0.3) is 0 Å². The Morgan fingerprint density at radius 2 is 2.32 bits per heavy atom. The molecule has 134 valence electrons. The first-order chi connectivity index (χ1) is 12.1. The van der Waals surface area contributed by atoms with Crippen molar-refractivity contribution < 1.29 is 18.4 Å². The normalized spacial score (nSPS) is 17.7. The van der Waals surface area contributed by atoms with Crippen molar-refractivity contribution >= 4 is 5.91 Å². The maximum absolute atomic E-state index is 13.7. The lowest BCUT2D eigenvalue weighted by Gasteiger charge is -2.31. The van der Waals surface area contributed by atoms with E-state index in [2.05, 4.69) is 10.1 Å². The summed E-state index contributed by atoms with van der Waals surface area (Å²) in [4.78, 5) is 18.8. The number of nitrogens with zero attached hydrogens (tertiary/aromatic N) is 3. The van der Waals surface area contributed by atoms with Crippen molar-refractivity contribution in [3.63, 3.8) is 0 Å². The van der Waals surface area contributed by atoms with Crippen molar-refractivity contribution in [1.82, 2.24) is 15.0 Å². The Morgan fingerprint density at radius 3 is 3.08 bits per heavy atom. The molecule has 2 heterocycles. The van der Waals surface area contributed by atoms with Crippen LogP contribution in [-0.4, -0.2) is 40.6 Å². The standard InChI is InChI=1S/C18H22FN3O3/c1-3-24-11-16-20-17(21-25-16)14-5-4-8-22(10-14)18(23)13-7-6-12(2)15(19)9-13/h6-7,9,14H,3-5,8,10-11H2,1-2H3. The molecule has 3 rings (SSSR count). The van der Waals surface area contributed by atoms with Crippen LogP contribution in [0.5, 0.6) is 0 Å². The fraction of sp³-hybridized carbons (Fsp3) is 0.500. The highest BCUT2D eigenvalue weighted by atomic mass is 19.1. The molecule has 0 bridgehead atoms. The van der Waals surface area contributed by atoms with Crippen LogP contribution in [0.1, 0.15) is 53.3 Å². The number of aryl methyl sites for hydroxylation is 1. The molecule has 1 atom stereocenters. The van der Waals surface area contributed by atoms with Gasteiger partial charge in [0.05, 0.1) is 0 Å². The van der Waals surface area contributed by atoms with Crippen LogP contribution in [0, 0.1) is 12.7 Å². The van der Waals surface area contributed by atoms with Crippen molar-refractivity contribution in [3.8, 4) is 0 Å². The minimum Gasteiger partial charge on any atom is -0.372 e. The van der Waals surface area contributed by atoms with Gasteiger partial charge in [-0.1, -0.05) is 11.2 Å². The summed E-state index contributed by atoms with van der Waals surface area (Å²) in [6, 6.07) is 4.60. The minimum absolute atomic E-state index is 0.0205. The lowest BCUT2D eigenvalue weighted by atomic mass is 9.96. The maximum atomic E-state index is 13.7. The van der Waals surface area contributed by atoms with Gasteiger partial charge in [0.15, 0.2) is 5.82 Å². The summed E-state index contributed by atoms with van der Waals surface area (Å²) in [7, 11) is 0. The van der Waals surface area contributed by atoms with Crippen LogP contribution in [0.3, 0.4) is 0 Å². The second kappa shape index (κ2) is 7.74. The molecular weight excluding hydrogens is 325 g/mol. The lowest BCUT2D eigenvalue weighted by Crippen LogP contribution is -2.39. The first-order valence-corrected chi connectivity index (χ1v) is 8.54. The number of likely N-dealkylation sites (tertiary alicyclic amines) is 1. The van der Waals surface area contributed by atoms with Crippen molar-refractivity contribution in [2.45, 2.75) is 39.2 Å². The number of carbonyl (C=O) groups is 1. The summed E-state index contributed by atoms with van der Waals surface area (Å²) in [6.07, 6.45) is 1.74. The smallest absolute Gasteiger partial charge is 0.253 e. The van der Waals surface area contributed by atoms with Crippen LogP contribution in [0.15, 0.2) is 22.7 Å². The average molecular weight is 347 g/mol. The Bertz CT molecular complexity index is 747. The molecule has 1 aliphatic heterocycles. The van der Waals surface area contributed by atoms with Gasteiger partial charge in [0.25, 0.3) is 11.8 Å². The third-order valence-electron chi connectivity index (χ3n) is 4.41. The quantitative estimate of drug-likeness (QED) is 0.831. The van der Waals surface area contributed by atoms with E-state index in [-0.39, 0.29) is 17.6 Å². The van der Waals surface area contributed by atoms with E-state index in [1.54, 1.807) is 24.0 Å². The van der Waals surface area contributed by atoms with Crippen LogP contribution in [0.4, 0.5) is 4.39 Å². The molecule has 0 N–H and O–H groups in total. The van der Waals surface area contributed by atoms with Crippen LogP contribution < -0.4 is 0 Å². The summed E-state index contributed by atoms with van der Waals surface area (Å²) in [5.74, 6) is 0.537. The zero-order valence-electron chi connectivity index (χ0n) is 14.5. The molecule has 1 aromatic carbocycles. The van der Waals surface area contributed by atoms with Gasteiger partial charge < -0.3 is 14.2 Å². The van der Waals surface area contributed by atoms with Crippen molar-refractivity contribution in [2.24, 2.45) is 0 Å². The number of hydrogen-bond acceptors (Lipinski definition) is 5. The largest absolute Gasteiger partial charge is 0.372 e. The summed E-state index contributed by atoms with van der Waals surface area (Å²) < 4.78 is 24.2. The molecule has 1 fully saturated rings. The summed E-state index contributed by atoms with van der Waals surface area (Å²) in [6.45, 7) is 5.60. The van der Waals surface area contributed by atoms with E-state index < -0.39 is 0 Å². The third kappa shape index (κ3) is 4.04. The number of piperidine rings is 1. The number of carbonyl (C=O) groups excluding carboxylic acids is 1. The third-order valence-corrected chi connectivity index (χ3v) is 4.41.